The Bertz CT molecular complexity index is 841. The Labute approximate surface area is 138 Å². The molecule has 2 N–H and O–H groups in total. The molecule has 0 aliphatic carbocycles. The van der Waals surface area contributed by atoms with Crippen molar-refractivity contribution in [2.75, 3.05) is 6.61 Å². The van der Waals surface area contributed by atoms with E-state index >= 15 is 0 Å². The predicted molar refractivity (Wildman–Crippen MR) is 93.7 cm³/mol. The van der Waals surface area contributed by atoms with E-state index in [1.54, 1.807) is 25.2 Å². The third-order valence-corrected chi connectivity index (χ3v) is 4.47. The predicted octanol–water partition coefficient (Wildman–Crippen LogP) is 3.46. The number of amides is 1. The maximum atomic E-state index is 12.7. The van der Waals surface area contributed by atoms with Gasteiger partial charge in [-0.05, 0) is 37.4 Å². The van der Waals surface area contributed by atoms with E-state index in [0.717, 1.165) is 21.5 Å². The van der Waals surface area contributed by atoms with Crippen LogP contribution in [0.2, 0.25) is 0 Å². The van der Waals surface area contributed by atoms with Crippen LogP contribution < -0.4 is 5.32 Å². The molecular weight excluding hydrogens is 308 g/mol. The second-order valence-corrected chi connectivity index (χ2v) is 6.99. The Morgan fingerprint density at radius 2 is 2.04 bits per heavy atom. The van der Waals surface area contributed by atoms with Gasteiger partial charge in [0.05, 0.1) is 33.8 Å². The largest absolute Gasteiger partial charge is 0.394 e. The molecule has 5 heteroatoms. The Morgan fingerprint density at radius 3 is 2.74 bits per heavy atom. The Balaban J connectivity index is 2.12. The number of aliphatic hydroxyl groups is 1. The number of nitrogens with zero attached hydrogens (tertiary/aromatic N) is 1. The molecule has 23 heavy (non-hydrogen) atoms. The monoisotopic (exact) mass is 326 g/mol. The smallest absolute Gasteiger partial charge is 0.252 e. The van der Waals surface area contributed by atoms with Gasteiger partial charge in [-0.15, -0.1) is 11.3 Å². The summed E-state index contributed by atoms with van der Waals surface area (Å²) in [5, 5.41) is 15.0. The molecule has 2 aromatic heterocycles. The van der Waals surface area contributed by atoms with Crippen LogP contribution in [-0.4, -0.2) is 28.1 Å². The van der Waals surface area contributed by atoms with Crippen LogP contribution >= 0.6 is 11.3 Å². The number of para-hydroxylation sites is 1. The number of benzene rings is 1. The van der Waals surface area contributed by atoms with Crippen molar-refractivity contribution in [3.63, 3.8) is 0 Å². The van der Waals surface area contributed by atoms with Gasteiger partial charge < -0.3 is 10.4 Å². The molecule has 0 aliphatic heterocycles. The SMILES string of the molecule is CC(C)(CO)NC(=O)c1cc(-c2cccs2)nc2ccccc12. The van der Waals surface area contributed by atoms with E-state index in [9.17, 15) is 9.90 Å². The van der Waals surface area contributed by atoms with Crippen LogP contribution in [-0.2, 0) is 0 Å². The fourth-order valence-corrected chi connectivity index (χ4v) is 3.01. The first kappa shape index (κ1) is 15.6. The van der Waals surface area contributed by atoms with E-state index < -0.39 is 5.54 Å². The van der Waals surface area contributed by atoms with Crippen LogP contribution in [0.25, 0.3) is 21.5 Å². The van der Waals surface area contributed by atoms with Gasteiger partial charge in [-0.1, -0.05) is 24.3 Å². The summed E-state index contributed by atoms with van der Waals surface area (Å²) in [5.41, 5.74) is 1.46. The molecule has 3 rings (SSSR count). The zero-order valence-corrected chi connectivity index (χ0v) is 13.9. The van der Waals surface area contributed by atoms with E-state index in [1.165, 1.54) is 0 Å². The van der Waals surface area contributed by atoms with Crippen LogP contribution in [0.5, 0.6) is 0 Å². The van der Waals surface area contributed by atoms with E-state index in [2.05, 4.69) is 10.3 Å². The summed E-state index contributed by atoms with van der Waals surface area (Å²) in [6.07, 6.45) is 0. The lowest BCUT2D eigenvalue weighted by Crippen LogP contribution is -2.46. The summed E-state index contributed by atoms with van der Waals surface area (Å²) >= 11 is 1.59. The normalized spacial score (nSPS) is 11.6. The minimum Gasteiger partial charge on any atom is -0.394 e. The molecule has 0 spiro atoms. The number of carbonyl (C=O) groups is 1. The third kappa shape index (κ3) is 3.25. The van der Waals surface area contributed by atoms with Crippen molar-refractivity contribution < 1.29 is 9.90 Å². The number of rotatable bonds is 4. The molecule has 2 heterocycles. The molecule has 0 bridgehead atoms. The van der Waals surface area contributed by atoms with Gasteiger partial charge in [-0.2, -0.15) is 0 Å². The molecule has 0 atom stereocenters. The first-order chi connectivity index (χ1) is 11.0. The molecule has 1 amide bonds. The van der Waals surface area contributed by atoms with Crippen molar-refractivity contribution in [1.29, 1.82) is 0 Å². The first-order valence-electron chi connectivity index (χ1n) is 7.37. The van der Waals surface area contributed by atoms with E-state index in [-0.39, 0.29) is 12.5 Å². The number of nitrogens with one attached hydrogen (secondary N) is 1. The lowest BCUT2D eigenvalue weighted by Gasteiger charge is -2.24. The minimum absolute atomic E-state index is 0.125. The number of hydrogen-bond acceptors (Lipinski definition) is 4. The molecule has 0 saturated carbocycles. The summed E-state index contributed by atoms with van der Waals surface area (Å²) in [6, 6.07) is 13.4. The minimum atomic E-state index is -0.676. The van der Waals surface area contributed by atoms with Gasteiger partial charge in [0.15, 0.2) is 0 Å². The molecule has 3 aromatic rings. The Hall–Kier alpha value is -2.24. The highest BCUT2D eigenvalue weighted by atomic mass is 32.1. The molecule has 0 saturated heterocycles. The number of thiophene rings is 1. The average Bonchev–Trinajstić information content (AvgIpc) is 3.08. The number of aliphatic hydroxyl groups excluding tert-OH is 1. The van der Waals surface area contributed by atoms with Crippen molar-refractivity contribution >= 4 is 28.1 Å². The zero-order valence-electron chi connectivity index (χ0n) is 13.0. The highest BCUT2D eigenvalue weighted by Crippen LogP contribution is 2.28. The molecule has 0 aliphatic rings. The molecular formula is C18H18N2O2S. The lowest BCUT2D eigenvalue weighted by molar-refractivity contribution is 0.0871. The fourth-order valence-electron chi connectivity index (χ4n) is 2.33. The zero-order chi connectivity index (χ0) is 16.4. The molecule has 0 radical (unpaired) electrons. The summed E-state index contributed by atoms with van der Waals surface area (Å²) in [5.74, 6) is -0.208. The summed E-state index contributed by atoms with van der Waals surface area (Å²) in [7, 11) is 0. The number of carbonyl (C=O) groups excluding carboxylic acids is 1. The topological polar surface area (TPSA) is 62.2 Å². The third-order valence-electron chi connectivity index (χ3n) is 3.58. The standard InChI is InChI=1S/C18H18N2O2S/c1-18(2,11-21)20-17(22)13-10-15(16-8-5-9-23-16)19-14-7-4-3-6-12(13)14/h3-10,21H,11H2,1-2H3,(H,20,22). The Kier molecular flexibility index (Phi) is 4.15. The quantitative estimate of drug-likeness (QED) is 0.772. The maximum absolute atomic E-state index is 12.7. The number of pyridine rings is 1. The number of fused-ring (bicyclic) bond motifs is 1. The van der Waals surface area contributed by atoms with Crippen LogP contribution in [0.3, 0.4) is 0 Å². The van der Waals surface area contributed by atoms with Crippen molar-refractivity contribution in [3.05, 3.63) is 53.4 Å². The van der Waals surface area contributed by atoms with Crippen LogP contribution in [0.4, 0.5) is 0 Å². The molecule has 0 unspecified atom stereocenters. The Morgan fingerprint density at radius 1 is 1.26 bits per heavy atom. The average molecular weight is 326 g/mol. The summed E-state index contributed by atoms with van der Waals surface area (Å²) in [6.45, 7) is 3.45. The van der Waals surface area contributed by atoms with Crippen molar-refractivity contribution in [2.45, 2.75) is 19.4 Å². The lowest BCUT2D eigenvalue weighted by atomic mass is 10.0. The molecule has 1 aromatic carbocycles. The van der Waals surface area contributed by atoms with E-state index in [0.29, 0.717) is 5.56 Å². The van der Waals surface area contributed by atoms with Crippen molar-refractivity contribution in [3.8, 4) is 10.6 Å². The van der Waals surface area contributed by atoms with E-state index in [1.807, 2.05) is 47.8 Å². The summed E-state index contributed by atoms with van der Waals surface area (Å²) < 4.78 is 0. The van der Waals surface area contributed by atoms with Gasteiger partial charge in [0.25, 0.3) is 5.91 Å². The van der Waals surface area contributed by atoms with Crippen molar-refractivity contribution in [2.24, 2.45) is 0 Å². The molecule has 4 nitrogen and oxygen atoms in total. The molecule has 0 fully saturated rings. The maximum Gasteiger partial charge on any atom is 0.252 e. The summed E-state index contributed by atoms with van der Waals surface area (Å²) in [4.78, 5) is 18.4. The second kappa shape index (κ2) is 6.10. The van der Waals surface area contributed by atoms with Gasteiger partial charge in [0.2, 0.25) is 0 Å². The van der Waals surface area contributed by atoms with E-state index in [4.69, 9.17) is 0 Å². The van der Waals surface area contributed by atoms with Gasteiger partial charge in [-0.25, -0.2) is 4.98 Å². The fraction of sp³-hybridized carbons (Fsp3) is 0.222. The highest BCUT2D eigenvalue weighted by Gasteiger charge is 2.22. The van der Waals surface area contributed by atoms with Gasteiger partial charge in [0, 0.05) is 5.39 Å². The van der Waals surface area contributed by atoms with Crippen LogP contribution in [0.1, 0.15) is 24.2 Å². The van der Waals surface area contributed by atoms with Gasteiger partial charge in [0.1, 0.15) is 0 Å². The van der Waals surface area contributed by atoms with Crippen LogP contribution in [0.15, 0.2) is 47.8 Å². The molecule has 118 valence electrons. The first-order valence-corrected chi connectivity index (χ1v) is 8.25. The number of hydrogen-bond donors (Lipinski definition) is 2. The number of aromatic nitrogens is 1. The highest BCUT2D eigenvalue weighted by molar-refractivity contribution is 7.13. The van der Waals surface area contributed by atoms with Gasteiger partial charge >= 0.3 is 0 Å². The second-order valence-electron chi connectivity index (χ2n) is 6.05. The van der Waals surface area contributed by atoms with Crippen LogP contribution in [0, 0.1) is 0 Å². The van der Waals surface area contributed by atoms with Crippen molar-refractivity contribution in [1.82, 2.24) is 10.3 Å². The van der Waals surface area contributed by atoms with Gasteiger partial charge in [-0.3, -0.25) is 4.79 Å².